The van der Waals surface area contributed by atoms with Gasteiger partial charge in [0.1, 0.15) is 5.75 Å². The molecule has 3 rings (SSSR count). The van der Waals surface area contributed by atoms with Gasteiger partial charge in [0, 0.05) is 22.0 Å². The molecule has 2 aromatic rings. The van der Waals surface area contributed by atoms with Crippen molar-refractivity contribution in [2.45, 2.75) is 26.3 Å². The fourth-order valence-corrected chi connectivity index (χ4v) is 2.26. The van der Waals surface area contributed by atoms with E-state index in [-0.39, 0.29) is 17.1 Å². The molecule has 0 unspecified atom stereocenters. The van der Waals surface area contributed by atoms with Gasteiger partial charge in [-0.25, -0.2) is 0 Å². The lowest BCUT2D eigenvalue weighted by atomic mass is 10.1. The van der Waals surface area contributed by atoms with Crippen LogP contribution in [0, 0.1) is 5.41 Å². The summed E-state index contributed by atoms with van der Waals surface area (Å²) in [5.41, 5.74) is 1.59. The summed E-state index contributed by atoms with van der Waals surface area (Å²) in [4.78, 5) is 15.0. The van der Waals surface area contributed by atoms with E-state index in [9.17, 15) is 9.90 Å². The summed E-state index contributed by atoms with van der Waals surface area (Å²) in [5.74, 6) is 0.168. The van der Waals surface area contributed by atoms with Crippen molar-refractivity contribution >= 4 is 28.4 Å². The Hall–Kier alpha value is -1.68. The van der Waals surface area contributed by atoms with Crippen LogP contribution in [0.2, 0.25) is 5.02 Å². The van der Waals surface area contributed by atoms with Crippen LogP contribution in [-0.2, 0) is 11.3 Å². The Labute approximate surface area is 115 Å². The highest BCUT2D eigenvalue weighted by Gasteiger charge is 2.44. The molecular weight excluding hydrogens is 264 g/mol. The molecule has 0 aliphatic heterocycles. The van der Waals surface area contributed by atoms with Gasteiger partial charge in [0.2, 0.25) is 5.91 Å². The van der Waals surface area contributed by atoms with Crippen molar-refractivity contribution in [2.75, 3.05) is 0 Å². The van der Waals surface area contributed by atoms with Crippen molar-refractivity contribution < 1.29 is 9.90 Å². The number of aromatic hydroxyl groups is 1. The van der Waals surface area contributed by atoms with Gasteiger partial charge in [0.05, 0.1) is 11.6 Å². The van der Waals surface area contributed by atoms with Crippen LogP contribution in [0.4, 0.5) is 0 Å². The zero-order valence-electron chi connectivity index (χ0n) is 10.6. The molecule has 1 aromatic carbocycles. The van der Waals surface area contributed by atoms with Gasteiger partial charge in [-0.3, -0.25) is 4.79 Å². The number of nitrogens with one attached hydrogen (secondary N) is 2. The lowest BCUT2D eigenvalue weighted by Crippen LogP contribution is -2.29. The summed E-state index contributed by atoms with van der Waals surface area (Å²) in [6.07, 6.45) is 1.93. The van der Waals surface area contributed by atoms with Crippen LogP contribution in [-0.4, -0.2) is 16.0 Å². The summed E-state index contributed by atoms with van der Waals surface area (Å²) in [6.45, 7) is 2.44. The third-order valence-corrected chi connectivity index (χ3v) is 4.03. The number of halogens is 1. The van der Waals surface area contributed by atoms with Gasteiger partial charge >= 0.3 is 0 Å². The monoisotopic (exact) mass is 278 g/mol. The van der Waals surface area contributed by atoms with Crippen molar-refractivity contribution in [3.63, 3.8) is 0 Å². The highest BCUT2D eigenvalue weighted by atomic mass is 35.5. The number of phenolic OH excluding ortho intramolecular Hbond substituents is 1. The number of carbonyl (C=O) groups is 1. The highest BCUT2D eigenvalue weighted by Crippen LogP contribution is 2.45. The lowest BCUT2D eigenvalue weighted by Gasteiger charge is -2.08. The molecule has 1 amide bonds. The standard InChI is InChI=1S/C14H15ClN2O2/c1-14(2-3-14)13(19)16-7-9-4-8-5-12(18)10(15)6-11(8)17-9/h4-6,17-18H,2-3,7H2,1H3,(H,16,19). The van der Waals surface area contributed by atoms with E-state index in [4.69, 9.17) is 11.6 Å². The van der Waals surface area contributed by atoms with Gasteiger partial charge in [-0.15, -0.1) is 0 Å². The SMILES string of the molecule is CC1(C(=O)NCc2cc3cc(O)c(Cl)cc3[nH]2)CC1. The number of aromatic nitrogens is 1. The Morgan fingerprint density at radius 2 is 2.21 bits per heavy atom. The molecule has 0 radical (unpaired) electrons. The van der Waals surface area contributed by atoms with E-state index in [0.717, 1.165) is 29.4 Å². The number of benzene rings is 1. The maximum absolute atomic E-state index is 11.8. The molecule has 19 heavy (non-hydrogen) atoms. The molecule has 1 aliphatic carbocycles. The molecule has 1 aliphatic rings. The number of hydrogen-bond acceptors (Lipinski definition) is 2. The minimum atomic E-state index is -0.159. The number of amides is 1. The van der Waals surface area contributed by atoms with E-state index in [1.165, 1.54) is 0 Å². The molecule has 0 bridgehead atoms. The average molecular weight is 279 g/mol. The third-order valence-electron chi connectivity index (χ3n) is 3.73. The second-order valence-electron chi connectivity index (χ2n) is 5.43. The van der Waals surface area contributed by atoms with Crippen molar-refractivity contribution in [3.8, 4) is 5.75 Å². The first kappa shape index (κ1) is 12.4. The van der Waals surface area contributed by atoms with Gasteiger partial charge < -0.3 is 15.4 Å². The van der Waals surface area contributed by atoms with E-state index in [1.54, 1.807) is 12.1 Å². The molecule has 1 saturated carbocycles. The van der Waals surface area contributed by atoms with E-state index < -0.39 is 0 Å². The Balaban J connectivity index is 1.76. The van der Waals surface area contributed by atoms with Crippen LogP contribution in [0.3, 0.4) is 0 Å². The maximum Gasteiger partial charge on any atom is 0.226 e. The van der Waals surface area contributed by atoms with Crippen LogP contribution in [0.25, 0.3) is 10.9 Å². The summed E-state index contributed by atoms with van der Waals surface area (Å²) in [7, 11) is 0. The van der Waals surface area contributed by atoms with Crippen LogP contribution in [0.1, 0.15) is 25.5 Å². The molecule has 1 fully saturated rings. The smallest absolute Gasteiger partial charge is 0.226 e. The number of fused-ring (bicyclic) bond motifs is 1. The molecule has 0 saturated heterocycles. The Morgan fingerprint density at radius 1 is 1.47 bits per heavy atom. The second kappa shape index (κ2) is 4.17. The van der Waals surface area contributed by atoms with Gasteiger partial charge in [0.25, 0.3) is 0 Å². The van der Waals surface area contributed by atoms with Crippen molar-refractivity contribution in [3.05, 3.63) is 28.9 Å². The molecule has 1 aromatic heterocycles. The van der Waals surface area contributed by atoms with E-state index in [2.05, 4.69) is 10.3 Å². The van der Waals surface area contributed by atoms with Gasteiger partial charge in [-0.05, 0) is 31.0 Å². The molecule has 0 atom stereocenters. The minimum Gasteiger partial charge on any atom is -0.506 e. The summed E-state index contributed by atoms with van der Waals surface area (Å²) < 4.78 is 0. The number of aromatic amines is 1. The van der Waals surface area contributed by atoms with E-state index in [0.29, 0.717) is 11.6 Å². The number of carbonyl (C=O) groups excluding carboxylic acids is 1. The lowest BCUT2D eigenvalue weighted by molar-refractivity contribution is -0.125. The first-order valence-electron chi connectivity index (χ1n) is 6.26. The minimum absolute atomic E-state index is 0.0641. The normalized spacial score (nSPS) is 16.5. The first-order chi connectivity index (χ1) is 8.98. The predicted molar refractivity (Wildman–Crippen MR) is 74.2 cm³/mol. The van der Waals surface area contributed by atoms with Crippen molar-refractivity contribution in [2.24, 2.45) is 5.41 Å². The van der Waals surface area contributed by atoms with E-state index >= 15 is 0 Å². The maximum atomic E-state index is 11.8. The Morgan fingerprint density at radius 3 is 2.89 bits per heavy atom. The zero-order chi connectivity index (χ0) is 13.6. The molecule has 4 nitrogen and oxygen atoms in total. The summed E-state index contributed by atoms with van der Waals surface area (Å²) in [6, 6.07) is 5.20. The fourth-order valence-electron chi connectivity index (χ4n) is 2.10. The second-order valence-corrected chi connectivity index (χ2v) is 5.84. The summed E-state index contributed by atoms with van der Waals surface area (Å²) in [5, 5.41) is 13.7. The predicted octanol–water partition coefficient (Wildman–Crippen LogP) is 2.94. The number of hydrogen-bond donors (Lipinski definition) is 3. The third kappa shape index (κ3) is 2.28. The topological polar surface area (TPSA) is 65.1 Å². The Kier molecular flexibility index (Phi) is 2.71. The number of rotatable bonds is 3. The van der Waals surface area contributed by atoms with Crippen LogP contribution >= 0.6 is 11.6 Å². The van der Waals surface area contributed by atoms with Crippen LogP contribution in [0.15, 0.2) is 18.2 Å². The molecule has 3 N–H and O–H groups in total. The molecule has 1 heterocycles. The molecule has 100 valence electrons. The van der Waals surface area contributed by atoms with Gasteiger partial charge in [0.15, 0.2) is 0 Å². The molecule has 5 heteroatoms. The first-order valence-corrected chi connectivity index (χ1v) is 6.64. The molecular formula is C14H15ClN2O2. The van der Waals surface area contributed by atoms with Gasteiger partial charge in [-0.1, -0.05) is 18.5 Å². The zero-order valence-corrected chi connectivity index (χ0v) is 11.3. The van der Waals surface area contributed by atoms with Gasteiger partial charge in [-0.2, -0.15) is 0 Å². The number of phenols is 1. The summed E-state index contributed by atoms with van der Waals surface area (Å²) >= 11 is 5.85. The van der Waals surface area contributed by atoms with Crippen LogP contribution in [0.5, 0.6) is 5.75 Å². The fraction of sp³-hybridized carbons (Fsp3) is 0.357. The van der Waals surface area contributed by atoms with E-state index in [1.807, 2.05) is 13.0 Å². The quantitative estimate of drug-likeness (QED) is 0.808. The average Bonchev–Trinajstić information content (AvgIpc) is 2.99. The van der Waals surface area contributed by atoms with Crippen molar-refractivity contribution in [1.29, 1.82) is 0 Å². The molecule has 0 spiro atoms. The largest absolute Gasteiger partial charge is 0.506 e. The number of H-pyrrole nitrogens is 1. The van der Waals surface area contributed by atoms with Crippen molar-refractivity contribution in [1.82, 2.24) is 10.3 Å². The van der Waals surface area contributed by atoms with Crippen LogP contribution < -0.4 is 5.32 Å². The Bertz CT molecular complexity index is 620. The highest BCUT2D eigenvalue weighted by molar-refractivity contribution is 6.32.